The van der Waals surface area contributed by atoms with Crippen molar-refractivity contribution in [3.05, 3.63) is 69.7 Å². The molecule has 0 radical (unpaired) electrons. The van der Waals surface area contributed by atoms with E-state index in [2.05, 4.69) is 20.3 Å². The van der Waals surface area contributed by atoms with E-state index in [1.54, 1.807) is 7.11 Å². The van der Waals surface area contributed by atoms with Gasteiger partial charge < -0.3 is 25.4 Å². The molecular formula is C26H28Cl2N6O4. The first-order valence-electron chi connectivity index (χ1n) is 11.9. The molecule has 38 heavy (non-hydrogen) atoms. The van der Waals surface area contributed by atoms with Crippen LogP contribution in [0.2, 0.25) is 10.2 Å². The largest absolute Gasteiger partial charge is 0.497 e. The van der Waals surface area contributed by atoms with Gasteiger partial charge in [0.1, 0.15) is 23.1 Å². The van der Waals surface area contributed by atoms with E-state index in [9.17, 15) is 9.59 Å². The summed E-state index contributed by atoms with van der Waals surface area (Å²) < 4.78 is 10.2. The quantitative estimate of drug-likeness (QED) is 0.357. The topological polar surface area (TPSA) is 133 Å². The Kier molecular flexibility index (Phi) is 8.53. The standard InChI is InChI=1S/C26H28Cl2N6O4/c1-26(15-38-25(29)36)8-11-34(12-9-26)19-14-31-21(23(28)33-19)22(35)18-7-10-30-24(20(18)27)32-13-16-3-5-17(37-2)6-4-16/h3-7,10,14H,8-9,11-13,15H2,1-2H3,(H2,29,36)(H,30,32). The molecule has 0 atom stereocenters. The number of aromatic nitrogens is 3. The van der Waals surface area contributed by atoms with Crippen molar-refractivity contribution in [2.24, 2.45) is 11.1 Å². The minimum atomic E-state index is -0.777. The number of benzene rings is 1. The highest BCUT2D eigenvalue weighted by Crippen LogP contribution is 2.34. The van der Waals surface area contributed by atoms with Crippen LogP contribution in [-0.2, 0) is 11.3 Å². The average Bonchev–Trinajstić information content (AvgIpc) is 2.92. The Bertz CT molecular complexity index is 1310. The Morgan fingerprint density at radius 2 is 1.84 bits per heavy atom. The van der Waals surface area contributed by atoms with Crippen molar-refractivity contribution < 1.29 is 19.1 Å². The van der Waals surface area contributed by atoms with Gasteiger partial charge in [0, 0.05) is 36.8 Å². The van der Waals surface area contributed by atoms with Crippen LogP contribution in [-0.4, -0.2) is 53.6 Å². The fraction of sp³-hybridized carbons (Fsp3) is 0.346. The van der Waals surface area contributed by atoms with E-state index in [1.807, 2.05) is 36.1 Å². The second-order valence-corrected chi connectivity index (χ2v) is 10.1. The fourth-order valence-corrected chi connectivity index (χ4v) is 4.61. The van der Waals surface area contributed by atoms with E-state index < -0.39 is 11.9 Å². The molecule has 10 nitrogen and oxygen atoms in total. The molecule has 3 heterocycles. The number of hydrogen-bond donors (Lipinski definition) is 2. The van der Waals surface area contributed by atoms with Crippen molar-refractivity contribution in [1.82, 2.24) is 15.0 Å². The molecule has 0 saturated carbocycles. The Labute approximate surface area is 230 Å². The molecule has 1 aromatic carbocycles. The summed E-state index contributed by atoms with van der Waals surface area (Å²) in [5.74, 6) is 1.23. The van der Waals surface area contributed by atoms with Crippen LogP contribution >= 0.6 is 23.2 Å². The lowest BCUT2D eigenvalue weighted by molar-refractivity contribution is 0.0818. The van der Waals surface area contributed by atoms with E-state index in [1.165, 1.54) is 18.5 Å². The number of ether oxygens (including phenoxy) is 2. The van der Waals surface area contributed by atoms with Gasteiger partial charge in [-0.3, -0.25) is 4.79 Å². The van der Waals surface area contributed by atoms with E-state index >= 15 is 0 Å². The third kappa shape index (κ3) is 6.43. The number of amides is 1. The first-order valence-corrected chi connectivity index (χ1v) is 12.7. The summed E-state index contributed by atoms with van der Waals surface area (Å²) in [5, 5.41) is 3.31. The zero-order valence-corrected chi connectivity index (χ0v) is 22.6. The van der Waals surface area contributed by atoms with Crippen molar-refractivity contribution in [3.8, 4) is 5.75 Å². The van der Waals surface area contributed by atoms with Crippen LogP contribution in [0.25, 0.3) is 0 Å². The molecule has 1 aliphatic rings. The third-order valence-electron chi connectivity index (χ3n) is 6.54. The Morgan fingerprint density at radius 3 is 2.47 bits per heavy atom. The van der Waals surface area contributed by atoms with Gasteiger partial charge in [0.05, 0.1) is 24.9 Å². The van der Waals surface area contributed by atoms with Gasteiger partial charge in [-0.25, -0.2) is 19.7 Å². The number of nitrogens with one attached hydrogen (secondary N) is 1. The summed E-state index contributed by atoms with van der Waals surface area (Å²) in [6, 6.07) is 9.08. The van der Waals surface area contributed by atoms with Crippen LogP contribution in [0.5, 0.6) is 5.75 Å². The predicted octanol–water partition coefficient (Wildman–Crippen LogP) is 4.73. The van der Waals surface area contributed by atoms with Crippen molar-refractivity contribution >= 4 is 46.7 Å². The van der Waals surface area contributed by atoms with Crippen LogP contribution in [0.3, 0.4) is 0 Å². The molecule has 3 N–H and O–H groups in total. The number of nitrogens with zero attached hydrogens (tertiary/aromatic N) is 4. The summed E-state index contributed by atoms with van der Waals surface area (Å²) in [7, 11) is 1.61. The number of methoxy groups -OCH3 is 1. The number of nitrogens with two attached hydrogens (primary N) is 1. The van der Waals surface area contributed by atoms with Crippen molar-refractivity contribution in [2.45, 2.75) is 26.3 Å². The van der Waals surface area contributed by atoms with Gasteiger partial charge in [-0.15, -0.1) is 0 Å². The van der Waals surface area contributed by atoms with E-state index in [-0.39, 0.29) is 33.5 Å². The Hall–Kier alpha value is -3.63. The molecule has 0 bridgehead atoms. The molecule has 1 aliphatic heterocycles. The number of carbonyl (C=O) groups excluding carboxylic acids is 2. The van der Waals surface area contributed by atoms with Gasteiger partial charge in [-0.2, -0.15) is 0 Å². The molecule has 12 heteroatoms. The van der Waals surface area contributed by atoms with Crippen molar-refractivity contribution in [3.63, 3.8) is 0 Å². The fourth-order valence-electron chi connectivity index (χ4n) is 4.13. The van der Waals surface area contributed by atoms with Crippen LogP contribution in [0, 0.1) is 5.41 Å². The summed E-state index contributed by atoms with van der Waals surface area (Å²) in [5.41, 5.74) is 6.13. The molecule has 3 aromatic rings. The zero-order valence-electron chi connectivity index (χ0n) is 21.0. The lowest BCUT2D eigenvalue weighted by atomic mass is 9.81. The van der Waals surface area contributed by atoms with Gasteiger partial charge in [-0.1, -0.05) is 42.3 Å². The molecule has 0 unspecified atom stereocenters. The molecular weight excluding hydrogens is 531 g/mol. The van der Waals surface area contributed by atoms with Gasteiger partial charge in [0.25, 0.3) is 0 Å². The van der Waals surface area contributed by atoms with Gasteiger partial charge in [0.2, 0.25) is 5.78 Å². The average molecular weight is 559 g/mol. The summed E-state index contributed by atoms with van der Waals surface area (Å²) in [6.45, 7) is 4.09. The number of primary amides is 1. The molecule has 4 rings (SSSR count). The van der Waals surface area contributed by atoms with Crippen LogP contribution < -0.4 is 20.7 Å². The number of hydrogen-bond acceptors (Lipinski definition) is 9. The minimum Gasteiger partial charge on any atom is -0.497 e. The number of anilines is 2. The Morgan fingerprint density at radius 1 is 1.13 bits per heavy atom. The normalized spacial score (nSPS) is 14.6. The molecule has 0 spiro atoms. The number of piperidine rings is 1. The first-order chi connectivity index (χ1) is 18.2. The van der Waals surface area contributed by atoms with E-state index in [0.717, 1.165) is 24.2 Å². The molecule has 1 amide bonds. The summed E-state index contributed by atoms with van der Waals surface area (Å²) >= 11 is 13.0. The number of rotatable bonds is 9. The number of pyridine rings is 1. The molecule has 2 aromatic heterocycles. The predicted molar refractivity (Wildman–Crippen MR) is 145 cm³/mol. The van der Waals surface area contributed by atoms with E-state index in [0.29, 0.717) is 31.3 Å². The maximum absolute atomic E-state index is 13.3. The van der Waals surface area contributed by atoms with Crippen molar-refractivity contribution in [1.29, 1.82) is 0 Å². The highest BCUT2D eigenvalue weighted by molar-refractivity contribution is 6.38. The molecule has 1 fully saturated rings. The third-order valence-corrected chi connectivity index (χ3v) is 7.19. The number of ketones is 1. The monoisotopic (exact) mass is 558 g/mol. The van der Waals surface area contributed by atoms with Gasteiger partial charge in [0.15, 0.2) is 5.15 Å². The summed E-state index contributed by atoms with van der Waals surface area (Å²) in [6.07, 6.45) is 3.77. The number of carbonyl (C=O) groups is 2. The smallest absolute Gasteiger partial charge is 0.404 e. The first kappa shape index (κ1) is 27.4. The van der Waals surface area contributed by atoms with Crippen LogP contribution in [0.1, 0.15) is 41.4 Å². The molecule has 1 saturated heterocycles. The maximum Gasteiger partial charge on any atom is 0.404 e. The van der Waals surface area contributed by atoms with Gasteiger partial charge >= 0.3 is 6.09 Å². The van der Waals surface area contributed by atoms with Crippen LogP contribution in [0.15, 0.2) is 42.7 Å². The highest BCUT2D eigenvalue weighted by atomic mass is 35.5. The SMILES string of the molecule is COc1ccc(CNc2nccc(C(=O)c3ncc(N4CCC(C)(COC(N)=O)CC4)nc3Cl)c2Cl)cc1. The minimum absolute atomic E-state index is 0.00123. The lowest BCUT2D eigenvalue weighted by Gasteiger charge is -2.39. The second kappa shape index (κ2) is 11.8. The highest BCUT2D eigenvalue weighted by Gasteiger charge is 2.32. The lowest BCUT2D eigenvalue weighted by Crippen LogP contribution is -2.42. The van der Waals surface area contributed by atoms with Crippen molar-refractivity contribution in [2.75, 3.05) is 37.0 Å². The maximum atomic E-state index is 13.3. The molecule has 0 aliphatic carbocycles. The number of halogens is 2. The van der Waals surface area contributed by atoms with Gasteiger partial charge in [-0.05, 0) is 36.6 Å². The zero-order chi connectivity index (χ0) is 27.3. The molecule has 200 valence electrons. The summed E-state index contributed by atoms with van der Waals surface area (Å²) in [4.78, 5) is 39.3. The second-order valence-electron chi connectivity index (χ2n) is 9.32. The van der Waals surface area contributed by atoms with Crippen LogP contribution in [0.4, 0.5) is 16.4 Å². The van der Waals surface area contributed by atoms with E-state index in [4.69, 9.17) is 38.4 Å². The Balaban J connectivity index is 1.43.